The van der Waals surface area contributed by atoms with Gasteiger partial charge in [-0.25, -0.2) is 0 Å². The van der Waals surface area contributed by atoms with Gasteiger partial charge in [-0.3, -0.25) is 4.79 Å². The predicted octanol–water partition coefficient (Wildman–Crippen LogP) is 5.52. The van der Waals surface area contributed by atoms with E-state index in [-0.39, 0.29) is 5.41 Å². The normalized spacial score (nSPS) is 50.1. The maximum absolute atomic E-state index is 13.5. The molecule has 0 aromatic heterocycles. The van der Waals surface area contributed by atoms with Crippen molar-refractivity contribution in [1.82, 2.24) is 0 Å². The predicted molar refractivity (Wildman–Crippen MR) is 86.0 cm³/mol. The van der Waals surface area contributed by atoms with E-state index in [2.05, 4.69) is 13.8 Å². The summed E-state index contributed by atoms with van der Waals surface area (Å²) in [5.41, 5.74) is 1.06. The third kappa shape index (κ3) is 2.30. The Labute approximate surface area is 130 Å². The van der Waals surface area contributed by atoms with E-state index in [9.17, 15) is 4.79 Å². The molecule has 118 valence electrons. The molecule has 0 heterocycles. The second-order valence-corrected chi connectivity index (χ2v) is 9.96. The molecule has 0 N–H and O–H groups in total. The Morgan fingerprint density at radius 2 is 1.38 bits per heavy atom. The molecule has 0 radical (unpaired) electrons. The van der Waals surface area contributed by atoms with Gasteiger partial charge in [0, 0.05) is 11.3 Å². The molecule has 21 heavy (non-hydrogen) atoms. The van der Waals surface area contributed by atoms with Crippen LogP contribution in [-0.4, -0.2) is 5.78 Å². The van der Waals surface area contributed by atoms with Crippen LogP contribution < -0.4 is 0 Å². The molecular formula is C20H32O. The highest BCUT2D eigenvalue weighted by Crippen LogP contribution is 2.70. The van der Waals surface area contributed by atoms with Gasteiger partial charge < -0.3 is 0 Å². The highest BCUT2D eigenvalue weighted by Gasteiger charge is 2.62. The van der Waals surface area contributed by atoms with E-state index in [0.717, 1.165) is 5.92 Å². The summed E-state index contributed by atoms with van der Waals surface area (Å²) in [4.78, 5) is 13.5. The SMILES string of the molecule is CC12CC3CC(C)(C1)CC(C(=O)C1CCCCCC1)(C3)C2. The van der Waals surface area contributed by atoms with Crippen molar-refractivity contribution in [3.05, 3.63) is 0 Å². The van der Waals surface area contributed by atoms with Gasteiger partial charge in [-0.2, -0.15) is 0 Å². The van der Waals surface area contributed by atoms with Gasteiger partial charge in [0.15, 0.2) is 0 Å². The Balaban J connectivity index is 1.62. The molecule has 2 unspecified atom stereocenters. The first-order chi connectivity index (χ1) is 9.92. The van der Waals surface area contributed by atoms with E-state index in [1.54, 1.807) is 0 Å². The summed E-state index contributed by atoms with van der Waals surface area (Å²) in [6, 6.07) is 0. The average Bonchev–Trinajstić information content (AvgIpc) is 2.62. The van der Waals surface area contributed by atoms with Crippen molar-refractivity contribution in [3.63, 3.8) is 0 Å². The summed E-state index contributed by atoms with van der Waals surface area (Å²) in [6.45, 7) is 4.98. The molecule has 0 amide bonds. The molecular weight excluding hydrogens is 256 g/mol. The fraction of sp³-hybridized carbons (Fsp3) is 0.950. The summed E-state index contributed by atoms with van der Waals surface area (Å²) in [6.07, 6.45) is 15.6. The van der Waals surface area contributed by atoms with Gasteiger partial charge in [-0.15, -0.1) is 0 Å². The minimum atomic E-state index is 0.0952. The van der Waals surface area contributed by atoms with E-state index in [4.69, 9.17) is 0 Å². The topological polar surface area (TPSA) is 17.1 Å². The molecule has 5 rings (SSSR count). The number of ketones is 1. The van der Waals surface area contributed by atoms with Crippen LogP contribution in [0.4, 0.5) is 0 Å². The minimum absolute atomic E-state index is 0.0952. The molecule has 5 aliphatic rings. The first kappa shape index (κ1) is 14.3. The molecule has 0 aliphatic heterocycles. The van der Waals surface area contributed by atoms with Crippen molar-refractivity contribution in [1.29, 1.82) is 0 Å². The number of hydrogen-bond acceptors (Lipinski definition) is 1. The van der Waals surface area contributed by atoms with Gasteiger partial charge in [-0.05, 0) is 68.1 Å². The molecule has 0 aromatic carbocycles. The number of Topliss-reactive ketones (excluding diaryl/α,β-unsaturated/α-hetero) is 1. The van der Waals surface area contributed by atoms with Gasteiger partial charge in [0.1, 0.15) is 5.78 Å². The van der Waals surface area contributed by atoms with Gasteiger partial charge >= 0.3 is 0 Å². The summed E-state index contributed by atoms with van der Waals surface area (Å²) in [5.74, 6) is 1.98. The highest BCUT2D eigenvalue weighted by molar-refractivity contribution is 5.87. The Kier molecular flexibility index (Phi) is 3.12. The molecule has 5 aliphatic carbocycles. The van der Waals surface area contributed by atoms with Crippen molar-refractivity contribution in [2.24, 2.45) is 28.1 Å². The molecule has 0 spiro atoms. The van der Waals surface area contributed by atoms with Crippen LogP contribution in [0.2, 0.25) is 0 Å². The quantitative estimate of drug-likeness (QED) is 0.611. The molecule has 1 nitrogen and oxygen atoms in total. The molecule has 4 bridgehead atoms. The molecule has 5 saturated carbocycles. The van der Waals surface area contributed by atoms with E-state index in [1.807, 2.05) is 0 Å². The van der Waals surface area contributed by atoms with Gasteiger partial charge in [0.2, 0.25) is 0 Å². The highest BCUT2D eigenvalue weighted by atomic mass is 16.1. The first-order valence-electron chi connectivity index (χ1n) is 9.47. The van der Waals surface area contributed by atoms with E-state index in [0.29, 0.717) is 22.5 Å². The zero-order valence-corrected chi connectivity index (χ0v) is 14.0. The summed E-state index contributed by atoms with van der Waals surface area (Å²) in [7, 11) is 0. The average molecular weight is 288 g/mol. The van der Waals surface area contributed by atoms with Crippen molar-refractivity contribution >= 4 is 5.78 Å². The molecule has 1 heteroatoms. The van der Waals surface area contributed by atoms with Crippen molar-refractivity contribution < 1.29 is 4.79 Å². The summed E-state index contributed by atoms with van der Waals surface area (Å²) >= 11 is 0. The molecule has 2 atom stereocenters. The minimum Gasteiger partial charge on any atom is -0.299 e. The number of carbonyl (C=O) groups is 1. The van der Waals surface area contributed by atoms with Crippen LogP contribution >= 0.6 is 0 Å². The lowest BCUT2D eigenvalue weighted by atomic mass is 9.39. The lowest BCUT2D eigenvalue weighted by molar-refractivity contribution is -0.172. The number of carbonyl (C=O) groups excluding carboxylic acids is 1. The summed E-state index contributed by atoms with van der Waals surface area (Å²) < 4.78 is 0. The van der Waals surface area contributed by atoms with Gasteiger partial charge in [0.25, 0.3) is 0 Å². The Morgan fingerprint density at radius 1 is 0.810 bits per heavy atom. The van der Waals surface area contributed by atoms with E-state index >= 15 is 0 Å². The Morgan fingerprint density at radius 3 is 1.90 bits per heavy atom. The third-order valence-electron chi connectivity index (χ3n) is 7.37. The lowest BCUT2D eigenvalue weighted by Gasteiger charge is -2.65. The fourth-order valence-electron chi connectivity index (χ4n) is 7.70. The van der Waals surface area contributed by atoms with Crippen LogP contribution in [0, 0.1) is 28.1 Å². The standard InChI is InChI=1S/C20H32O/c1-18-9-15-10-19(2,12-18)14-20(11-15,13-18)17(21)16-7-5-3-4-6-8-16/h15-16H,3-14H2,1-2H3. The van der Waals surface area contributed by atoms with Crippen LogP contribution in [0.3, 0.4) is 0 Å². The van der Waals surface area contributed by atoms with Crippen LogP contribution in [0.1, 0.15) is 90.9 Å². The second-order valence-electron chi connectivity index (χ2n) is 9.96. The number of hydrogen-bond donors (Lipinski definition) is 0. The lowest BCUT2D eigenvalue weighted by Crippen LogP contribution is -2.58. The van der Waals surface area contributed by atoms with Crippen LogP contribution in [-0.2, 0) is 4.79 Å². The molecule has 5 fully saturated rings. The molecule has 0 saturated heterocycles. The zero-order valence-electron chi connectivity index (χ0n) is 14.0. The summed E-state index contributed by atoms with van der Waals surface area (Å²) in [5, 5.41) is 0. The third-order valence-corrected chi connectivity index (χ3v) is 7.37. The van der Waals surface area contributed by atoms with Crippen molar-refractivity contribution in [3.8, 4) is 0 Å². The fourth-order valence-corrected chi connectivity index (χ4v) is 7.70. The van der Waals surface area contributed by atoms with E-state index < -0.39 is 0 Å². The monoisotopic (exact) mass is 288 g/mol. The van der Waals surface area contributed by atoms with Gasteiger partial charge in [-0.1, -0.05) is 39.5 Å². The van der Waals surface area contributed by atoms with Crippen LogP contribution in [0.15, 0.2) is 0 Å². The van der Waals surface area contributed by atoms with Crippen LogP contribution in [0.5, 0.6) is 0 Å². The largest absolute Gasteiger partial charge is 0.299 e. The zero-order chi connectivity index (χ0) is 14.7. The Bertz CT molecular complexity index is 425. The molecule has 0 aromatic rings. The number of rotatable bonds is 2. The van der Waals surface area contributed by atoms with Gasteiger partial charge in [0.05, 0.1) is 0 Å². The van der Waals surface area contributed by atoms with Crippen molar-refractivity contribution in [2.45, 2.75) is 90.9 Å². The van der Waals surface area contributed by atoms with Crippen molar-refractivity contribution in [2.75, 3.05) is 0 Å². The smallest absolute Gasteiger partial charge is 0.142 e. The maximum Gasteiger partial charge on any atom is 0.142 e. The van der Waals surface area contributed by atoms with Crippen LogP contribution in [0.25, 0.3) is 0 Å². The van der Waals surface area contributed by atoms with E-state index in [1.165, 1.54) is 77.0 Å². The Hall–Kier alpha value is -0.330. The second kappa shape index (κ2) is 4.59. The maximum atomic E-state index is 13.5. The first-order valence-corrected chi connectivity index (χ1v) is 9.47.